The standard InChI is InChI=1S/C9H11N5O/c1-4-5(2)14-3-6(8(11)15)7(10)13-9(14)12-4/h3H,1-2H3,(H2,11,15)(H2,10,12,13). The molecule has 1 amide bonds. The van der Waals surface area contributed by atoms with Crippen LogP contribution in [0, 0.1) is 13.8 Å². The smallest absolute Gasteiger partial charge is 0.253 e. The maximum atomic E-state index is 11.1. The second-order valence-electron chi connectivity index (χ2n) is 3.36. The van der Waals surface area contributed by atoms with Crippen LogP contribution >= 0.6 is 0 Å². The van der Waals surface area contributed by atoms with Crippen LogP contribution in [0.2, 0.25) is 0 Å². The van der Waals surface area contributed by atoms with Crippen molar-refractivity contribution in [3.05, 3.63) is 23.1 Å². The van der Waals surface area contributed by atoms with E-state index in [2.05, 4.69) is 9.97 Å². The molecular formula is C9H11N5O. The highest BCUT2D eigenvalue weighted by molar-refractivity contribution is 5.97. The average molecular weight is 205 g/mol. The van der Waals surface area contributed by atoms with E-state index in [9.17, 15) is 4.79 Å². The number of nitrogens with zero attached hydrogens (tertiary/aromatic N) is 3. The largest absolute Gasteiger partial charge is 0.383 e. The van der Waals surface area contributed by atoms with Crippen LogP contribution in [0.3, 0.4) is 0 Å². The number of fused-ring (bicyclic) bond motifs is 1. The van der Waals surface area contributed by atoms with E-state index in [4.69, 9.17) is 11.5 Å². The van der Waals surface area contributed by atoms with Crippen molar-refractivity contribution in [2.45, 2.75) is 13.8 Å². The van der Waals surface area contributed by atoms with Gasteiger partial charge in [-0.15, -0.1) is 0 Å². The maximum Gasteiger partial charge on any atom is 0.253 e. The lowest BCUT2D eigenvalue weighted by atomic mass is 10.3. The number of amides is 1. The Morgan fingerprint density at radius 1 is 1.40 bits per heavy atom. The summed E-state index contributed by atoms with van der Waals surface area (Å²) in [6.45, 7) is 3.75. The van der Waals surface area contributed by atoms with Gasteiger partial charge >= 0.3 is 0 Å². The van der Waals surface area contributed by atoms with Gasteiger partial charge in [0, 0.05) is 11.9 Å². The molecule has 2 aromatic rings. The van der Waals surface area contributed by atoms with Crippen LogP contribution in [0.25, 0.3) is 5.78 Å². The number of aromatic nitrogens is 3. The fourth-order valence-electron chi connectivity index (χ4n) is 1.40. The number of hydrogen-bond donors (Lipinski definition) is 2. The Hall–Kier alpha value is -2.11. The van der Waals surface area contributed by atoms with Crippen molar-refractivity contribution in [2.24, 2.45) is 5.73 Å². The Morgan fingerprint density at radius 3 is 2.67 bits per heavy atom. The third-order valence-corrected chi connectivity index (χ3v) is 2.39. The summed E-state index contributed by atoms with van der Waals surface area (Å²) in [5.41, 5.74) is 12.7. The summed E-state index contributed by atoms with van der Waals surface area (Å²) < 4.78 is 1.70. The minimum atomic E-state index is -0.590. The van der Waals surface area contributed by atoms with Crippen molar-refractivity contribution in [3.8, 4) is 0 Å². The topological polar surface area (TPSA) is 99.3 Å². The van der Waals surface area contributed by atoms with Crippen molar-refractivity contribution >= 4 is 17.5 Å². The Kier molecular flexibility index (Phi) is 1.85. The van der Waals surface area contributed by atoms with Gasteiger partial charge < -0.3 is 11.5 Å². The molecule has 0 aromatic carbocycles. The Bertz CT molecular complexity index is 557. The lowest BCUT2D eigenvalue weighted by Gasteiger charge is -2.02. The molecule has 0 spiro atoms. The van der Waals surface area contributed by atoms with Gasteiger partial charge in [-0.25, -0.2) is 4.98 Å². The minimum absolute atomic E-state index is 0.111. The fourth-order valence-corrected chi connectivity index (χ4v) is 1.40. The molecule has 0 aliphatic heterocycles. The predicted molar refractivity (Wildman–Crippen MR) is 55.4 cm³/mol. The highest BCUT2D eigenvalue weighted by atomic mass is 16.1. The molecular weight excluding hydrogens is 194 g/mol. The summed E-state index contributed by atoms with van der Waals surface area (Å²) in [6, 6.07) is 0. The predicted octanol–water partition coefficient (Wildman–Crippen LogP) is 0.0272. The van der Waals surface area contributed by atoms with Crippen LogP contribution in [-0.4, -0.2) is 20.3 Å². The van der Waals surface area contributed by atoms with Crippen molar-refractivity contribution < 1.29 is 4.79 Å². The molecule has 78 valence electrons. The number of carbonyl (C=O) groups is 1. The lowest BCUT2D eigenvalue weighted by Crippen LogP contribution is -2.16. The van der Waals surface area contributed by atoms with Gasteiger partial charge in [-0.2, -0.15) is 4.98 Å². The third-order valence-electron chi connectivity index (χ3n) is 2.39. The molecule has 0 unspecified atom stereocenters. The molecule has 15 heavy (non-hydrogen) atoms. The normalized spacial score (nSPS) is 10.8. The van der Waals surface area contributed by atoms with Crippen molar-refractivity contribution in [2.75, 3.05) is 5.73 Å². The van der Waals surface area contributed by atoms with E-state index in [1.165, 1.54) is 0 Å². The monoisotopic (exact) mass is 205 g/mol. The Labute approximate surface area is 85.9 Å². The molecule has 2 heterocycles. The van der Waals surface area contributed by atoms with Gasteiger partial charge in [0.15, 0.2) is 0 Å². The first-order valence-electron chi connectivity index (χ1n) is 4.42. The van der Waals surface area contributed by atoms with E-state index in [1.807, 2.05) is 13.8 Å². The molecule has 6 heteroatoms. The third kappa shape index (κ3) is 1.30. The van der Waals surface area contributed by atoms with Crippen LogP contribution in [-0.2, 0) is 0 Å². The first-order valence-corrected chi connectivity index (χ1v) is 4.42. The molecule has 2 aromatic heterocycles. The first-order chi connectivity index (χ1) is 7.00. The number of aryl methyl sites for hydroxylation is 2. The molecule has 0 fully saturated rings. The van der Waals surface area contributed by atoms with E-state index < -0.39 is 5.91 Å². The van der Waals surface area contributed by atoms with Crippen LogP contribution in [0.4, 0.5) is 5.82 Å². The SMILES string of the molecule is Cc1nc2nc(N)c(C(N)=O)cn2c1C. The van der Waals surface area contributed by atoms with Crippen molar-refractivity contribution in [3.63, 3.8) is 0 Å². The quantitative estimate of drug-likeness (QED) is 0.685. The number of imidazole rings is 1. The Morgan fingerprint density at radius 2 is 2.07 bits per heavy atom. The van der Waals surface area contributed by atoms with Gasteiger partial charge in [0.05, 0.1) is 11.3 Å². The van der Waals surface area contributed by atoms with Crippen molar-refractivity contribution in [1.82, 2.24) is 14.4 Å². The summed E-state index contributed by atoms with van der Waals surface area (Å²) in [4.78, 5) is 19.3. The molecule has 0 atom stereocenters. The van der Waals surface area contributed by atoms with E-state index in [1.54, 1.807) is 10.6 Å². The van der Waals surface area contributed by atoms with Gasteiger partial charge in [0.1, 0.15) is 5.82 Å². The number of nitrogens with two attached hydrogens (primary N) is 2. The molecule has 0 saturated carbocycles. The summed E-state index contributed by atoms with van der Waals surface area (Å²) in [7, 11) is 0. The number of hydrogen-bond acceptors (Lipinski definition) is 4. The highest BCUT2D eigenvalue weighted by Gasteiger charge is 2.12. The molecule has 6 nitrogen and oxygen atoms in total. The summed E-state index contributed by atoms with van der Waals surface area (Å²) in [6.07, 6.45) is 1.56. The zero-order valence-electron chi connectivity index (χ0n) is 8.48. The number of primary amides is 1. The van der Waals surface area contributed by atoms with Gasteiger partial charge in [-0.1, -0.05) is 0 Å². The zero-order chi connectivity index (χ0) is 11.2. The molecule has 0 bridgehead atoms. The molecule has 0 aliphatic rings. The second-order valence-corrected chi connectivity index (χ2v) is 3.36. The van der Waals surface area contributed by atoms with E-state index >= 15 is 0 Å². The zero-order valence-corrected chi connectivity index (χ0v) is 8.48. The fraction of sp³-hybridized carbons (Fsp3) is 0.222. The first kappa shape index (κ1) is 9.45. The van der Waals surface area contributed by atoms with Gasteiger partial charge in [0.25, 0.3) is 5.91 Å². The molecule has 2 rings (SSSR count). The number of nitrogen functional groups attached to an aromatic ring is 1. The summed E-state index contributed by atoms with van der Waals surface area (Å²) >= 11 is 0. The highest BCUT2D eigenvalue weighted by Crippen LogP contribution is 2.14. The molecule has 0 radical (unpaired) electrons. The summed E-state index contributed by atoms with van der Waals surface area (Å²) in [5, 5.41) is 0. The minimum Gasteiger partial charge on any atom is -0.383 e. The molecule has 0 aliphatic carbocycles. The van der Waals surface area contributed by atoms with E-state index in [0.29, 0.717) is 5.78 Å². The maximum absolute atomic E-state index is 11.1. The average Bonchev–Trinajstić information content (AvgIpc) is 2.41. The number of carbonyl (C=O) groups excluding carboxylic acids is 1. The van der Waals surface area contributed by atoms with Crippen LogP contribution in [0.5, 0.6) is 0 Å². The van der Waals surface area contributed by atoms with Gasteiger partial charge in [-0.05, 0) is 13.8 Å². The molecule has 4 N–H and O–H groups in total. The summed E-state index contributed by atoms with van der Waals surface area (Å²) in [5.74, 6) is 0.000142. The van der Waals surface area contributed by atoms with Crippen LogP contribution in [0.15, 0.2) is 6.20 Å². The second kappa shape index (κ2) is 2.94. The van der Waals surface area contributed by atoms with Crippen LogP contribution < -0.4 is 11.5 Å². The number of anilines is 1. The van der Waals surface area contributed by atoms with E-state index in [-0.39, 0.29) is 11.4 Å². The van der Waals surface area contributed by atoms with Gasteiger partial charge in [-0.3, -0.25) is 9.20 Å². The number of rotatable bonds is 1. The van der Waals surface area contributed by atoms with Crippen LogP contribution in [0.1, 0.15) is 21.7 Å². The lowest BCUT2D eigenvalue weighted by molar-refractivity contribution is 0.100. The Balaban J connectivity index is 2.83. The van der Waals surface area contributed by atoms with E-state index in [0.717, 1.165) is 11.4 Å². The van der Waals surface area contributed by atoms with Gasteiger partial charge in [0.2, 0.25) is 5.78 Å². The molecule has 0 saturated heterocycles. The van der Waals surface area contributed by atoms with Crippen molar-refractivity contribution in [1.29, 1.82) is 0 Å².